The molecule has 5 heteroatoms. The third kappa shape index (κ3) is 2.83. The van der Waals surface area contributed by atoms with Gasteiger partial charge in [0.1, 0.15) is 0 Å². The van der Waals surface area contributed by atoms with E-state index in [1.807, 2.05) is 6.07 Å². The molecule has 0 spiro atoms. The van der Waals surface area contributed by atoms with Gasteiger partial charge in [-0.15, -0.1) is 0 Å². The molecule has 0 aliphatic carbocycles. The maximum atomic E-state index is 10.8. The molecule has 0 aromatic heterocycles. The third-order valence-corrected chi connectivity index (χ3v) is 3.22. The summed E-state index contributed by atoms with van der Waals surface area (Å²) in [5.74, 6) is 0. The van der Waals surface area contributed by atoms with Crippen molar-refractivity contribution < 1.29 is 4.57 Å². The van der Waals surface area contributed by atoms with Crippen LogP contribution in [0, 0.1) is 0 Å². The minimum absolute atomic E-state index is 0.628. The maximum Gasteiger partial charge on any atom is 0.494 e. The van der Waals surface area contributed by atoms with E-state index in [1.54, 1.807) is 12.1 Å². The molecule has 0 radical (unpaired) electrons. The zero-order chi connectivity index (χ0) is 8.43. The van der Waals surface area contributed by atoms with E-state index in [-0.39, 0.29) is 0 Å². The van der Waals surface area contributed by atoms with Gasteiger partial charge < -0.3 is 0 Å². The monoisotopic (exact) mass is 315 g/mol. The highest BCUT2D eigenvalue weighted by molar-refractivity contribution is 9.11. The van der Waals surface area contributed by atoms with Gasteiger partial charge >= 0.3 is 7.15 Å². The summed E-state index contributed by atoms with van der Waals surface area (Å²) >= 11 is 11.9. The average Bonchev–Trinajstić information content (AvgIpc) is 1.85. The van der Waals surface area contributed by atoms with Crippen LogP contribution in [0.2, 0.25) is 0 Å². The molecule has 1 rings (SSSR count). The predicted molar refractivity (Wildman–Crippen MR) is 54.9 cm³/mol. The first-order chi connectivity index (χ1) is 5.09. The van der Waals surface area contributed by atoms with E-state index in [0.717, 1.165) is 8.95 Å². The first-order valence-corrected chi connectivity index (χ1v) is 6.44. The lowest BCUT2D eigenvalue weighted by Gasteiger charge is -1.89. The van der Waals surface area contributed by atoms with Crippen LogP contribution < -0.4 is 5.30 Å². The molecule has 0 aliphatic heterocycles. The number of hydrogen-bond acceptors (Lipinski definition) is 1. The molecule has 0 amide bonds. The summed E-state index contributed by atoms with van der Waals surface area (Å²) in [4.78, 5) is 0. The summed E-state index contributed by atoms with van der Waals surface area (Å²) in [7, 11) is -1.77. The van der Waals surface area contributed by atoms with E-state index in [1.165, 1.54) is 0 Å². The minimum Gasteiger partial charge on any atom is -0.0506 e. The molecule has 0 saturated carbocycles. The Morgan fingerprint density at radius 1 is 1.18 bits per heavy atom. The lowest BCUT2D eigenvalue weighted by atomic mass is 10.4. The van der Waals surface area contributed by atoms with Crippen LogP contribution in [0.15, 0.2) is 27.1 Å². The van der Waals surface area contributed by atoms with Gasteiger partial charge in [0, 0.05) is 21.1 Å². The highest BCUT2D eigenvalue weighted by Gasteiger charge is 2.17. The Balaban J connectivity index is 3.19. The molecular weight excluding hydrogens is 314 g/mol. The molecule has 1 nitrogen and oxygen atoms in total. The van der Waals surface area contributed by atoms with E-state index < -0.39 is 7.15 Å². The highest BCUT2D eigenvalue weighted by Crippen LogP contribution is 2.28. The molecule has 1 atom stereocenters. The predicted octanol–water partition coefficient (Wildman–Crippen LogP) is 3.82. The van der Waals surface area contributed by atoms with Crippen LogP contribution in [0.3, 0.4) is 0 Å². The van der Waals surface area contributed by atoms with Gasteiger partial charge in [0.2, 0.25) is 16.5 Å². The summed E-state index contributed by atoms with van der Waals surface area (Å²) in [5, 5.41) is 0.628. The molecule has 1 aromatic carbocycles. The Kier molecular flexibility index (Phi) is 3.51. The van der Waals surface area contributed by atoms with Gasteiger partial charge in [-0.2, -0.15) is 0 Å². The van der Waals surface area contributed by atoms with Crippen molar-refractivity contribution >= 4 is 55.6 Å². The van der Waals surface area contributed by atoms with Crippen LogP contribution >= 0.6 is 50.3 Å². The summed E-state index contributed by atoms with van der Waals surface area (Å²) in [6, 6.07) is 5.33. The van der Waals surface area contributed by atoms with Crippen molar-refractivity contribution in [2.24, 2.45) is 0 Å². The van der Waals surface area contributed by atoms with Crippen molar-refractivity contribution in [3.8, 4) is 0 Å². The molecule has 0 bridgehead atoms. The second-order valence-corrected chi connectivity index (χ2v) is 5.63. The number of benzene rings is 1. The van der Waals surface area contributed by atoms with Gasteiger partial charge in [0.25, 0.3) is 0 Å². The molecule has 0 saturated heterocycles. The van der Waals surface area contributed by atoms with Crippen molar-refractivity contribution in [2.45, 2.75) is 0 Å². The van der Waals surface area contributed by atoms with Crippen LogP contribution in [0.25, 0.3) is 0 Å². The van der Waals surface area contributed by atoms with Crippen LogP contribution in [-0.2, 0) is 4.57 Å². The van der Waals surface area contributed by atoms with Crippen LogP contribution in [0.1, 0.15) is 0 Å². The molecule has 0 aliphatic rings. The Labute approximate surface area is 87.0 Å². The normalized spacial score (nSPS) is 11.4. The SMILES string of the molecule is O=[P+](Cl)c1cc(Br)cc(Br)c1. The summed E-state index contributed by atoms with van der Waals surface area (Å²) in [5.41, 5.74) is 0. The van der Waals surface area contributed by atoms with Crippen LogP contribution in [0.4, 0.5) is 0 Å². The zero-order valence-electron chi connectivity index (χ0n) is 5.22. The van der Waals surface area contributed by atoms with E-state index in [2.05, 4.69) is 31.9 Å². The maximum absolute atomic E-state index is 10.8. The molecule has 0 N–H and O–H groups in total. The van der Waals surface area contributed by atoms with Crippen molar-refractivity contribution in [1.82, 2.24) is 0 Å². The smallest absolute Gasteiger partial charge is 0.0506 e. The zero-order valence-corrected chi connectivity index (χ0v) is 10.0. The highest BCUT2D eigenvalue weighted by atomic mass is 79.9. The number of hydrogen-bond donors (Lipinski definition) is 0. The van der Waals surface area contributed by atoms with E-state index in [9.17, 15) is 4.57 Å². The van der Waals surface area contributed by atoms with Crippen molar-refractivity contribution in [3.63, 3.8) is 0 Å². The fraction of sp³-hybridized carbons (Fsp3) is 0. The largest absolute Gasteiger partial charge is 0.494 e. The van der Waals surface area contributed by atoms with Crippen LogP contribution in [-0.4, -0.2) is 0 Å². The summed E-state index contributed by atoms with van der Waals surface area (Å²) in [6.07, 6.45) is 0. The van der Waals surface area contributed by atoms with Crippen molar-refractivity contribution in [3.05, 3.63) is 27.1 Å². The van der Waals surface area contributed by atoms with Crippen LogP contribution in [0.5, 0.6) is 0 Å². The molecule has 1 aromatic rings. The lowest BCUT2D eigenvalue weighted by Crippen LogP contribution is -1.92. The van der Waals surface area contributed by atoms with Gasteiger partial charge in [0.05, 0.1) is 0 Å². The summed E-state index contributed by atoms with van der Waals surface area (Å²) in [6.45, 7) is 0. The quantitative estimate of drug-likeness (QED) is 0.720. The molecule has 0 heterocycles. The topological polar surface area (TPSA) is 17.1 Å². The third-order valence-electron chi connectivity index (χ3n) is 1.05. The standard InChI is InChI=1S/C6H3Br2ClOP/c7-4-1-5(8)3-6(2-4)11(9)10/h1-3H/q+1. The Bertz CT molecular complexity index is 282. The molecular formula is C6H3Br2ClOP+. The van der Waals surface area contributed by atoms with Crippen molar-refractivity contribution in [1.29, 1.82) is 0 Å². The first-order valence-electron chi connectivity index (χ1n) is 2.69. The van der Waals surface area contributed by atoms with E-state index in [4.69, 9.17) is 11.2 Å². The van der Waals surface area contributed by atoms with E-state index in [0.29, 0.717) is 5.30 Å². The average molecular weight is 317 g/mol. The fourth-order valence-corrected chi connectivity index (χ4v) is 3.06. The first kappa shape index (κ1) is 9.66. The Morgan fingerprint density at radius 3 is 2.00 bits per heavy atom. The second-order valence-electron chi connectivity index (χ2n) is 1.87. The van der Waals surface area contributed by atoms with E-state index >= 15 is 0 Å². The lowest BCUT2D eigenvalue weighted by molar-refractivity contribution is 0.600. The Morgan fingerprint density at radius 2 is 1.64 bits per heavy atom. The van der Waals surface area contributed by atoms with Gasteiger partial charge in [-0.3, -0.25) is 0 Å². The summed E-state index contributed by atoms with van der Waals surface area (Å²) < 4.78 is 12.6. The van der Waals surface area contributed by atoms with Gasteiger partial charge in [0.15, 0.2) is 0 Å². The van der Waals surface area contributed by atoms with Gasteiger partial charge in [-0.25, -0.2) is 0 Å². The molecule has 1 unspecified atom stereocenters. The molecule has 0 fully saturated rings. The van der Waals surface area contributed by atoms with Crippen molar-refractivity contribution in [2.75, 3.05) is 0 Å². The molecule has 58 valence electrons. The molecule has 11 heavy (non-hydrogen) atoms. The Hall–Kier alpha value is 0.570. The second kappa shape index (κ2) is 3.99. The fourth-order valence-electron chi connectivity index (χ4n) is 0.641. The number of rotatable bonds is 1. The van der Waals surface area contributed by atoms with Gasteiger partial charge in [-0.05, 0) is 10.6 Å². The number of halogens is 3. The minimum atomic E-state index is -1.77. The van der Waals surface area contributed by atoms with Gasteiger partial charge in [-0.1, -0.05) is 31.9 Å².